The molecule has 408 valence electrons. The fourth-order valence-corrected chi connectivity index (χ4v) is 11.0. The van der Waals surface area contributed by atoms with Gasteiger partial charge in [0.1, 0.15) is 19.3 Å². The van der Waals surface area contributed by atoms with Crippen molar-refractivity contribution < 1.29 is 38.1 Å². The molecule has 3 aliphatic rings. The Balaban J connectivity index is 0.000000587. The van der Waals surface area contributed by atoms with E-state index in [0.717, 1.165) is 88.0 Å². The smallest absolute Gasteiger partial charge is 0.306 e. The molecule has 9 nitrogen and oxygen atoms in total. The van der Waals surface area contributed by atoms with Gasteiger partial charge in [-0.1, -0.05) is 200 Å². The van der Waals surface area contributed by atoms with Gasteiger partial charge in [0, 0.05) is 31.6 Å². The predicted molar refractivity (Wildman–Crippen MR) is 290 cm³/mol. The second kappa shape index (κ2) is 43.0. The van der Waals surface area contributed by atoms with E-state index >= 15 is 0 Å². The maximum Gasteiger partial charge on any atom is 0.306 e. The largest absolute Gasteiger partial charge is 0.469 e. The highest BCUT2D eigenvalue weighted by Crippen LogP contribution is 2.47. The molecule has 0 radical (unpaired) electrons. The number of carbonyl (C=O) groups excluding carboxylic acids is 4. The second-order valence-corrected chi connectivity index (χ2v) is 22.2. The molecule has 0 heterocycles. The number of rotatable bonds is 45. The molecule has 3 saturated carbocycles. The van der Waals surface area contributed by atoms with Crippen molar-refractivity contribution in [1.29, 1.82) is 0 Å². The maximum absolute atomic E-state index is 12.1. The first-order chi connectivity index (χ1) is 34.1. The number of hydrogen-bond acceptors (Lipinski definition) is 9. The first kappa shape index (κ1) is 63.7. The minimum atomic E-state index is -0.178. The fraction of sp³-hybridized carbons (Fsp3) is 0.902. The number of hydrogen-bond donors (Lipinski definition) is 0. The predicted octanol–water partition coefficient (Wildman–Crippen LogP) is 16.3. The Bertz CT molecular complexity index is 1330. The van der Waals surface area contributed by atoms with E-state index in [0.29, 0.717) is 25.7 Å². The maximum atomic E-state index is 12.1. The van der Waals surface area contributed by atoms with Crippen molar-refractivity contribution in [2.45, 2.75) is 277 Å². The number of esters is 4. The zero-order valence-electron chi connectivity index (χ0n) is 46.6. The van der Waals surface area contributed by atoms with E-state index in [1.807, 2.05) is 14.1 Å². The average molecular weight is 987 g/mol. The summed E-state index contributed by atoms with van der Waals surface area (Å²) in [6, 6.07) is 0. The summed E-state index contributed by atoms with van der Waals surface area (Å²) in [6.07, 6.45) is 50.9. The Kier molecular flexibility index (Phi) is 39.2. The first-order valence-electron chi connectivity index (χ1n) is 30.0. The molecule has 9 heteroatoms. The molecule has 0 bridgehead atoms. The van der Waals surface area contributed by atoms with Crippen molar-refractivity contribution in [1.82, 2.24) is 4.90 Å². The number of allylic oxidation sites excluding steroid dienone is 2. The first-order valence-corrected chi connectivity index (χ1v) is 30.0. The lowest BCUT2D eigenvalue weighted by Gasteiger charge is -2.23. The highest BCUT2D eigenvalue weighted by Gasteiger charge is 2.39. The molecule has 3 aliphatic carbocycles. The number of unbranched alkanes of at least 4 members (excludes halogenated alkanes) is 20. The molecule has 70 heavy (non-hydrogen) atoms. The molecule has 7 unspecified atom stereocenters. The lowest BCUT2D eigenvalue weighted by Crippen LogP contribution is -2.26. The van der Waals surface area contributed by atoms with Crippen molar-refractivity contribution in [2.24, 2.45) is 35.5 Å². The quantitative estimate of drug-likeness (QED) is 0.0255. The summed E-state index contributed by atoms with van der Waals surface area (Å²) < 4.78 is 21.1. The third-order valence-corrected chi connectivity index (χ3v) is 15.7. The molecular formula is C61H111NO8. The van der Waals surface area contributed by atoms with Crippen LogP contribution in [0.5, 0.6) is 0 Å². The summed E-state index contributed by atoms with van der Waals surface area (Å²) in [7, 11) is 5.41. The van der Waals surface area contributed by atoms with Crippen LogP contribution in [-0.4, -0.2) is 75.8 Å². The Hall–Kier alpha value is -2.42. The van der Waals surface area contributed by atoms with E-state index in [9.17, 15) is 19.2 Å². The van der Waals surface area contributed by atoms with E-state index in [1.54, 1.807) is 0 Å². The van der Waals surface area contributed by atoms with Gasteiger partial charge in [0.2, 0.25) is 0 Å². The van der Waals surface area contributed by atoms with E-state index in [2.05, 4.69) is 37.8 Å². The molecule has 7 atom stereocenters. The summed E-state index contributed by atoms with van der Waals surface area (Å²) in [5, 5.41) is 0. The topological polar surface area (TPSA) is 108 Å². The Morgan fingerprint density at radius 3 is 1.30 bits per heavy atom. The highest BCUT2D eigenvalue weighted by atomic mass is 16.6. The molecule has 0 aromatic heterocycles. The number of carbonyl (C=O) groups is 4. The van der Waals surface area contributed by atoms with Gasteiger partial charge in [-0.15, -0.1) is 0 Å². The molecule has 0 saturated heterocycles. The van der Waals surface area contributed by atoms with E-state index in [4.69, 9.17) is 18.9 Å². The average Bonchev–Trinajstić information content (AvgIpc) is 4.26. The van der Waals surface area contributed by atoms with Crippen LogP contribution in [0.15, 0.2) is 12.2 Å². The third kappa shape index (κ3) is 34.9. The summed E-state index contributed by atoms with van der Waals surface area (Å²) >= 11 is 0. The molecule has 3 rings (SSSR count). The highest BCUT2D eigenvalue weighted by molar-refractivity contribution is 5.71. The summed E-state index contributed by atoms with van der Waals surface area (Å²) in [5.74, 6) is 4.00. The monoisotopic (exact) mass is 986 g/mol. The molecule has 0 spiro atoms. The number of nitrogens with zero attached hydrogens (tertiary/aromatic N) is 1. The van der Waals surface area contributed by atoms with Crippen LogP contribution in [0.2, 0.25) is 0 Å². The zero-order chi connectivity index (χ0) is 50.9. The lowest BCUT2D eigenvalue weighted by molar-refractivity contribution is -0.152. The van der Waals surface area contributed by atoms with Gasteiger partial charge >= 0.3 is 23.9 Å². The lowest BCUT2D eigenvalue weighted by atomic mass is 9.89. The molecular weight excluding hydrogens is 875 g/mol. The van der Waals surface area contributed by atoms with Gasteiger partial charge in [0.25, 0.3) is 0 Å². The molecule has 0 aromatic rings. The van der Waals surface area contributed by atoms with Gasteiger partial charge in [-0.3, -0.25) is 19.2 Å². The van der Waals surface area contributed by atoms with Crippen molar-refractivity contribution in [3.63, 3.8) is 0 Å². The van der Waals surface area contributed by atoms with Gasteiger partial charge in [-0.05, 0) is 108 Å². The van der Waals surface area contributed by atoms with Crippen molar-refractivity contribution in [3.8, 4) is 0 Å². The fourth-order valence-electron chi connectivity index (χ4n) is 11.0. The van der Waals surface area contributed by atoms with Gasteiger partial charge in [0.15, 0.2) is 0 Å². The third-order valence-electron chi connectivity index (χ3n) is 15.7. The van der Waals surface area contributed by atoms with Crippen molar-refractivity contribution >= 4 is 23.9 Å². The standard InChI is InChI=1S/C42H78O4.C19H33NO4/c1-3-5-7-9-15-21-27-37-35-39(37)29-23-17-12-11-13-19-25-31-41(43)45-33-34-46-42(44)32-26-20-14-18-24-30-40-36-38(40)28-22-16-10-8-6-4-2;1-5-6-7-9-16-15(14-19(22)23-4)11-12-17(16)24-18(21)10-8-13-20(2)3/h37-40H,3-36H2,1-2H3;6-7,15-17H,5,8-14H2,1-4H3/b;7-6-. The van der Waals surface area contributed by atoms with Gasteiger partial charge in [-0.25, -0.2) is 0 Å². The van der Waals surface area contributed by atoms with Crippen LogP contribution in [0.25, 0.3) is 0 Å². The van der Waals surface area contributed by atoms with Gasteiger partial charge in [0.05, 0.1) is 7.11 Å². The number of ether oxygens (including phenoxy) is 4. The van der Waals surface area contributed by atoms with Crippen LogP contribution >= 0.6 is 0 Å². The summed E-state index contributed by atoms with van der Waals surface area (Å²) in [5.41, 5.74) is 0. The van der Waals surface area contributed by atoms with Crippen LogP contribution in [0.4, 0.5) is 0 Å². The van der Waals surface area contributed by atoms with Crippen molar-refractivity contribution in [2.75, 3.05) is 41.0 Å². The van der Waals surface area contributed by atoms with Crippen LogP contribution in [-0.2, 0) is 38.1 Å². The minimum Gasteiger partial charge on any atom is -0.469 e. The summed E-state index contributed by atoms with van der Waals surface area (Å²) in [6.45, 7) is 7.93. The Morgan fingerprint density at radius 2 is 0.886 bits per heavy atom. The molecule has 0 aliphatic heterocycles. The molecule has 0 aromatic carbocycles. The Labute approximate surface area is 431 Å². The van der Waals surface area contributed by atoms with E-state index in [1.165, 1.54) is 174 Å². The molecule has 0 N–H and O–H groups in total. The normalized spacial score (nSPS) is 21.4. The minimum absolute atomic E-state index is 0.0759. The summed E-state index contributed by atoms with van der Waals surface area (Å²) in [4.78, 5) is 49.7. The SMILES string of the molecule is CC/C=C\CC1C(CC(=O)OC)CCC1OC(=O)CCCN(C)C.CCCCCCCCC1CC1CCCCCCCCCC(=O)OCCOC(=O)CCCCCCCC1CC1CCCCCCCC. The van der Waals surface area contributed by atoms with E-state index < -0.39 is 0 Å². The van der Waals surface area contributed by atoms with Crippen LogP contribution in [0.1, 0.15) is 271 Å². The van der Waals surface area contributed by atoms with Crippen molar-refractivity contribution in [3.05, 3.63) is 12.2 Å². The Morgan fingerprint density at radius 1 is 0.471 bits per heavy atom. The number of methoxy groups -OCH3 is 1. The van der Waals surface area contributed by atoms with E-state index in [-0.39, 0.29) is 55.0 Å². The van der Waals surface area contributed by atoms with Crippen LogP contribution < -0.4 is 0 Å². The van der Waals surface area contributed by atoms with Crippen LogP contribution in [0.3, 0.4) is 0 Å². The zero-order valence-corrected chi connectivity index (χ0v) is 46.6. The molecule has 3 fully saturated rings. The van der Waals surface area contributed by atoms with Gasteiger partial charge < -0.3 is 23.8 Å². The van der Waals surface area contributed by atoms with Crippen LogP contribution in [0, 0.1) is 35.5 Å². The second-order valence-electron chi connectivity index (χ2n) is 22.2. The molecule has 0 amide bonds. The van der Waals surface area contributed by atoms with Gasteiger partial charge in [-0.2, -0.15) is 0 Å².